The number of carbonyl (C=O) groups excluding carboxylic acids is 2. The van der Waals surface area contributed by atoms with Crippen LogP contribution in [0, 0.1) is 0 Å². The van der Waals surface area contributed by atoms with Gasteiger partial charge in [-0.2, -0.15) is 0 Å². The van der Waals surface area contributed by atoms with Crippen molar-refractivity contribution in [3.63, 3.8) is 0 Å². The van der Waals surface area contributed by atoms with Crippen molar-refractivity contribution in [1.82, 2.24) is 4.90 Å². The van der Waals surface area contributed by atoms with Gasteiger partial charge in [0.15, 0.2) is 12.3 Å². The third kappa shape index (κ3) is 2.65. The van der Waals surface area contributed by atoms with Crippen LogP contribution >= 0.6 is 0 Å². The van der Waals surface area contributed by atoms with Gasteiger partial charge in [0.25, 0.3) is 5.91 Å². The lowest BCUT2D eigenvalue weighted by atomic mass is 10.1. The van der Waals surface area contributed by atoms with Crippen molar-refractivity contribution in [2.24, 2.45) is 0 Å². The van der Waals surface area contributed by atoms with E-state index in [1.807, 2.05) is 0 Å². The lowest BCUT2D eigenvalue weighted by Gasteiger charge is -2.38. The molecule has 1 amide bonds. The summed E-state index contributed by atoms with van der Waals surface area (Å²) in [6, 6.07) is 0. The Labute approximate surface area is 99.0 Å². The van der Waals surface area contributed by atoms with Gasteiger partial charge >= 0.3 is 5.97 Å². The van der Waals surface area contributed by atoms with Crippen molar-refractivity contribution in [3.8, 4) is 0 Å². The van der Waals surface area contributed by atoms with Crippen molar-refractivity contribution in [2.45, 2.75) is 32.1 Å². The molecule has 2 atom stereocenters. The molecule has 3 rings (SSSR count). The van der Waals surface area contributed by atoms with Gasteiger partial charge in [0, 0.05) is 13.0 Å². The van der Waals surface area contributed by atoms with Gasteiger partial charge in [-0.1, -0.05) is 0 Å². The zero-order valence-corrected chi connectivity index (χ0v) is 9.63. The number of hydrogen-bond donors (Lipinski definition) is 0. The van der Waals surface area contributed by atoms with Crippen LogP contribution in [0.4, 0.5) is 0 Å². The van der Waals surface area contributed by atoms with Crippen LogP contribution in [0.2, 0.25) is 0 Å². The van der Waals surface area contributed by atoms with Crippen molar-refractivity contribution in [2.75, 3.05) is 13.2 Å². The quantitative estimate of drug-likeness (QED) is 0.395. The van der Waals surface area contributed by atoms with Gasteiger partial charge in [0.2, 0.25) is 0 Å². The van der Waals surface area contributed by atoms with Gasteiger partial charge in [0.1, 0.15) is 0 Å². The monoisotopic (exact) mass is 241 g/mol. The van der Waals surface area contributed by atoms with Crippen LogP contribution < -0.4 is 0 Å². The van der Waals surface area contributed by atoms with Crippen molar-refractivity contribution in [3.05, 3.63) is 12.2 Å². The standard InChI is InChI=1S/C11H15NO5/c1-2-15-10(13)4-3-7-12-9-6-5-8(11(12)14)16-17-9/h5-6,8-9H,2-4,7H2,1H3. The molecular weight excluding hydrogens is 226 g/mol. The molecule has 0 aromatic rings. The Balaban J connectivity index is 1.78. The number of rotatable bonds is 5. The lowest BCUT2D eigenvalue weighted by Crippen LogP contribution is -2.54. The van der Waals surface area contributed by atoms with E-state index >= 15 is 0 Å². The molecule has 2 bridgehead atoms. The molecule has 17 heavy (non-hydrogen) atoms. The molecule has 3 aliphatic rings. The average molecular weight is 241 g/mol. The van der Waals surface area contributed by atoms with Crippen LogP contribution in [-0.4, -0.2) is 42.3 Å². The third-order valence-electron chi connectivity index (χ3n) is 2.63. The fraction of sp³-hybridized carbons (Fsp3) is 0.636. The van der Waals surface area contributed by atoms with Crippen LogP contribution in [0.15, 0.2) is 12.2 Å². The molecule has 2 unspecified atom stereocenters. The Bertz CT molecular complexity index is 341. The van der Waals surface area contributed by atoms with Crippen molar-refractivity contribution < 1.29 is 24.1 Å². The van der Waals surface area contributed by atoms with E-state index in [1.165, 1.54) is 0 Å². The molecule has 0 aromatic heterocycles. The summed E-state index contributed by atoms with van der Waals surface area (Å²) in [5, 5.41) is 0. The van der Waals surface area contributed by atoms with Gasteiger partial charge in [-0.05, 0) is 25.5 Å². The summed E-state index contributed by atoms with van der Waals surface area (Å²) in [6.45, 7) is 2.61. The number of ether oxygens (including phenoxy) is 1. The summed E-state index contributed by atoms with van der Waals surface area (Å²) in [7, 11) is 0. The minimum Gasteiger partial charge on any atom is -0.466 e. The number of esters is 1. The summed E-state index contributed by atoms with van der Waals surface area (Å²) in [5.74, 6) is -0.359. The Morgan fingerprint density at radius 1 is 1.47 bits per heavy atom. The number of fused-ring (bicyclic) bond motifs is 2. The molecule has 0 saturated carbocycles. The summed E-state index contributed by atoms with van der Waals surface area (Å²) in [6.07, 6.45) is 3.22. The fourth-order valence-corrected chi connectivity index (χ4v) is 1.81. The smallest absolute Gasteiger partial charge is 0.305 e. The van der Waals surface area contributed by atoms with Crippen LogP contribution in [0.25, 0.3) is 0 Å². The van der Waals surface area contributed by atoms with Crippen LogP contribution in [0.3, 0.4) is 0 Å². The summed E-state index contributed by atoms with van der Waals surface area (Å²) in [4.78, 5) is 34.2. The molecule has 3 heterocycles. The first-order valence-corrected chi connectivity index (χ1v) is 5.69. The highest BCUT2D eigenvalue weighted by molar-refractivity contribution is 5.84. The van der Waals surface area contributed by atoms with Crippen LogP contribution in [0.5, 0.6) is 0 Å². The third-order valence-corrected chi connectivity index (χ3v) is 2.63. The Morgan fingerprint density at radius 3 is 2.88 bits per heavy atom. The van der Waals surface area contributed by atoms with Gasteiger partial charge in [-0.3, -0.25) is 9.59 Å². The molecule has 0 spiro atoms. The van der Waals surface area contributed by atoms with Crippen LogP contribution in [0.1, 0.15) is 19.8 Å². The van der Waals surface area contributed by atoms with E-state index in [-0.39, 0.29) is 11.9 Å². The van der Waals surface area contributed by atoms with E-state index in [0.717, 1.165) is 0 Å². The van der Waals surface area contributed by atoms with Gasteiger partial charge < -0.3 is 9.64 Å². The zero-order valence-electron chi connectivity index (χ0n) is 9.63. The van der Waals surface area contributed by atoms with E-state index in [9.17, 15) is 9.59 Å². The number of carbonyl (C=O) groups is 2. The van der Waals surface area contributed by atoms with E-state index in [0.29, 0.717) is 26.0 Å². The first-order chi connectivity index (χ1) is 8.22. The van der Waals surface area contributed by atoms with Gasteiger partial charge in [-0.25, -0.2) is 9.78 Å². The molecule has 1 saturated heterocycles. The SMILES string of the molecule is CCOC(=O)CCCN1C(=O)C2C=CC1OO2. The molecule has 0 N–H and O–H groups in total. The van der Waals surface area contributed by atoms with Gasteiger partial charge in [-0.15, -0.1) is 0 Å². The highest BCUT2D eigenvalue weighted by Gasteiger charge is 2.39. The second kappa shape index (κ2) is 5.29. The second-order valence-electron chi connectivity index (χ2n) is 3.83. The molecule has 6 heteroatoms. The maximum Gasteiger partial charge on any atom is 0.305 e. The Kier molecular flexibility index (Phi) is 3.75. The van der Waals surface area contributed by atoms with Crippen molar-refractivity contribution >= 4 is 11.9 Å². The minimum absolute atomic E-state index is 0.118. The molecule has 3 aliphatic heterocycles. The summed E-state index contributed by atoms with van der Waals surface area (Å²) in [5.41, 5.74) is 0. The second-order valence-corrected chi connectivity index (χ2v) is 3.83. The highest BCUT2D eigenvalue weighted by atomic mass is 17.2. The predicted octanol–water partition coefficient (Wildman–Crippen LogP) is 0.385. The first-order valence-electron chi connectivity index (χ1n) is 5.69. The Hall–Kier alpha value is -1.40. The minimum atomic E-state index is -0.636. The topological polar surface area (TPSA) is 65.1 Å². The Morgan fingerprint density at radius 2 is 2.29 bits per heavy atom. The molecule has 1 fully saturated rings. The first kappa shape index (κ1) is 12.1. The lowest BCUT2D eigenvalue weighted by molar-refractivity contribution is -0.375. The predicted molar refractivity (Wildman–Crippen MR) is 56.5 cm³/mol. The van der Waals surface area contributed by atoms with Crippen LogP contribution in [-0.2, 0) is 24.1 Å². The number of nitrogens with zero attached hydrogens (tertiary/aromatic N) is 1. The molecule has 94 valence electrons. The summed E-state index contributed by atoms with van der Waals surface area (Å²) >= 11 is 0. The highest BCUT2D eigenvalue weighted by Crippen LogP contribution is 2.22. The maximum absolute atomic E-state index is 11.7. The average Bonchev–Trinajstić information content (AvgIpc) is 2.34. The molecule has 0 radical (unpaired) electrons. The molecular formula is C11H15NO5. The molecule has 0 aliphatic carbocycles. The number of amides is 1. The fourth-order valence-electron chi connectivity index (χ4n) is 1.81. The van der Waals surface area contributed by atoms with E-state index in [4.69, 9.17) is 14.5 Å². The summed E-state index contributed by atoms with van der Waals surface area (Å²) < 4.78 is 4.81. The molecule has 6 nitrogen and oxygen atoms in total. The molecule has 0 aromatic carbocycles. The van der Waals surface area contributed by atoms with E-state index in [1.54, 1.807) is 24.0 Å². The normalized spacial score (nSPS) is 26.4. The maximum atomic E-state index is 11.7. The van der Waals surface area contributed by atoms with Gasteiger partial charge in [0.05, 0.1) is 6.61 Å². The van der Waals surface area contributed by atoms with E-state index < -0.39 is 12.3 Å². The van der Waals surface area contributed by atoms with E-state index in [2.05, 4.69) is 0 Å². The largest absolute Gasteiger partial charge is 0.466 e. The zero-order chi connectivity index (χ0) is 12.3. The van der Waals surface area contributed by atoms with Crippen molar-refractivity contribution in [1.29, 1.82) is 0 Å². The number of hydrogen-bond acceptors (Lipinski definition) is 5.